The summed E-state index contributed by atoms with van der Waals surface area (Å²) in [5.41, 5.74) is 6.45. The van der Waals surface area contributed by atoms with Gasteiger partial charge in [0.05, 0.1) is 16.8 Å². The molecule has 0 saturated heterocycles. The van der Waals surface area contributed by atoms with Gasteiger partial charge in [-0.1, -0.05) is 73.7 Å². The fraction of sp³-hybridized carbons (Fsp3) is 0.161. The van der Waals surface area contributed by atoms with Gasteiger partial charge >= 0.3 is 11.9 Å². The van der Waals surface area contributed by atoms with Crippen LogP contribution in [-0.4, -0.2) is 27.1 Å². The van der Waals surface area contributed by atoms with Gasteiger partial charge in [0, 0.05) is 24.2 Å². The molecule has 3 aromatic rings. The van der Waals surface area contributed by atoms with Crippen LogP contribution in [-0.2, 0) is 22.4 Å². The van der Waals surface area contributed by atoms with E-state index in [4.69, 9.17) is 0 Å². The van der Waals surface area contributed by atoms with E-state index in [9.17, 15) is 19.8 Å². The van der Waals surface area contributed by atoms with Crippen LogP contribution >= 0.6 is 0 Å². The molecule has 4 rings (SSSR count). The Morgan fingerprint density at radius 1 is 0.917 bits per heavy atom. The molecule has 1 aliphatic rings. The molecule has 1 aliphatic heterocycles. The van der Waals surface area contributed by atoms with Crippen LogP contribution < -0.4 is 0 Å². The Morgan fingerprint density at radius 2 is 1.58 bits per heavy atom. The molecule has 0 atom stereocenters. The zero-order valence-corrected chi connectivity index (χ0v) is 20.3. The Bertz CT molecular complexity index is 1420. The molecule has 0 radical (unpaired) electrons. The molecule has 5 nitrogen and oxygen atoms in total. The van der Waals surface area contributed by atoms with Gasteiger partial charge in [0.1, 0.15) is 0 Å². The highest BCUT2D eigenvalue weighted by Crippen LogP contribution is 2.32. The van der Waals surface area contributed by atoms with E-state index in [1.165, 1.54) is 22.2 Å². The van der Waals surface area contributed by atoms with E-state index in [1.54, 1.807) is 12.1 Å². The van der Waals surface area contributed by atoms with Gasteiger partial charge < -0.3 is 10.2 Å². The number of hydrogen-bond acceptors (Lipinski definition) is 3. The third-order valence-electron chi connectivity index (χ3n) is 6.28. The lowest BCUT2D eigenvalue weighted by atomic mass is 9.94. The second-order valence-electron chi connectivity index (χ2n) is 8.68. The molecule has 0 aromatic heterocycles. The van der Waals surface area contributed by atoms with E-state index >= 15 is 0 Å². The number of benzene rings is 3. The number of carboxylic acid groups (broad SMARTS) is 2. The maximum absolute atomic E-state index is 12.1. The van der Waals surface area contributed by atoms with Crippen molar-refractivity contribution in [3.8, 4) is 12.0 Å². The molecule has 2 N–H and O–H groups in total. The lowest BCUT2D eigenvalue weighted by Gasteiger charge is -2.25. The first kappa shape index (κ1) is 24.6. The summed E-state index contributed by atoms with van der Waals surface area (Å²) in [5, 5.41) is 19.5. The van der Waals surface area contributed by atoms with Crippen LogP contribution in [0.25, 0.3) is 5.70 Å². The van der Waals surface area contributed by atoms with Gasteiger partial charge in [-0.15, -0.1) is 0 Å². The molecular formula is C31H27NO4. The topological polar surface area (TPSA) is 77.8 Å². The average Bonchev–Trinajstić information content (AvgIpc) is 2.89. The molecule has 0 aliphatic carbocycles. The summed E-state index contributed by atoms with van der Waals surface area (Å²) >= 11 is 0. The van der Waals surface area contributed by atoms with E-state index in [1.807, 2.05) is 43.3 Å². The standard InChI is InChI=1S/C31H27NO4/c1-3-24-17-23(16-22-10-6-4-7-11-22)18-26(21(24)2)14-15-32-20-27(30(33)34)19-28(31(35)36)29(32)25-12-8-5-9-13-25/h4-13,17-18,20H,3,16,19H2,1-2H3,(H,33,34)(H,35,36). The smallest absolute Gasteiger partial charge is 0.334 e. The number of carbonyl (C=O) groups is 2. The zero-order valence-electron chi connectivity index (χ0n) is 20.3. The van der Waals surface area contributed by atoms with E-state index < -0.39 is 11.9 Å². The summed E-state index contributed by atoms with van der Waals surface area (Å²) < 4.78 is 0. The largest absolute Gasteiger partial charge is 0.478 e. The summed E-state index contributed by atoms with van der Waals surface area (Å²) in [6.45, 7) is 4.13. The van der Waals surface area contributed by atoms with Crippen molar-refractivity contribution in [2.45, 2.75) is 33.1 Å². The zero-order chi connectivity index (χ0) is 25.7. The summed E-state index contributed by atoms with van der Waals surface area (Å²) in [4.78, 5) is 25.4. The molecule has 0 unspecified atom stereocenters. The van der Waals surface area contributed by atoms with Gasteiger partial charge in [0.15, 0.2) is 0 Å². The number of aryl methyl sites for hydroxylation is 1. The number of hydrogen-bond donors (Lipinski definition) is 2. The highest BCUT2D eigenvalue weighted by molar-refractivity contribution is 6.01. The molecule has 36 heavy (non-hydrogen) atoms. The fourth-order valence-corrected chi connectivity index (χ4v) is 4.38. The Labute approximate surface area is 211 Å². The SMILES string of the molecule is CCc1cc(Cc2ccccc2)cc(C#CN2C=C(C(=O)O)CC(C(=O)O)=C2c2ccccc2)c1C. The highest BCUT2D eigenvalue weighted by Gasteiger charge is 2.28. The summed E-state index contributed by atoms with van der Waals surface area (Å²) in [7, 11) is 0. The summed E-state index contributed by atoms with van der Waals surface area (Å²) in [6.07, 6.45) is 2.87. The van der Waals surface area contributed by atoms with Crippen LogP contribution in [0.3, 0.4) is 0 Å². The summed E-state index contributed by atoms with van der Waals surface area (Å²) in [5.74, 6) is 0.884. The van der Waals surface area contributed by atoms with Crippen molar-refractivity contribution < 1.29 is 19.8 Å². The van der Waals surface area contributed by atoms with Gasteiger partial charge in [-0.25, -0.2) is 9.59 Å². The van der Waals surface area contributed by atoms with E-state index in [2.05, 4.69) is 43.2 Å². The van der Waals surface area contributed by atoms with Crippen molar-refractivity contribution >= 4 is 17.6 Å². The number of nitrogens with zero attached hydrogens (tertiary/aromatic N) is 1. The van der Waals surface area contributed by atoms with Crippen LogP contribution in [0, 0.1) is 18.9 Å². The molecule has 3 aromatic carbocycles. The highest BCUT2D eigenvalue weighted by atomic mass is 16.4. The van der Waals surface area contributed by atoms with Crippen molar-refractivity contribution in [1.29, 1.82) is 0 Å². The molecule has 0 spiro atoms. The summed E-state index contributed by atoms with van der Waals surface area (Å²) in [6, 6.07) is 26.6. The van der Waals surface area contributed by atoms with Gasteiger partial charge in [-0.2, -0.15) is 0 Å². The molecule has 0 fully saturated rings. The predicted octanol–water partition coefficient (Wildman–Crippen LogP) is 5.63. The Hall–Kier alpha value is -4.56. The minimum absolute atomic E-state index is 0.000743. The van der Waals surface area contributed by atoms with Gasteiger partial charge in [-0.05, 0) is 59.6 Å². The number of rotatable bonds is 6. The van der Waals surface area contributed by atoms with Crippen LogP contribution in [0.2, 0.25) is 0 Å². The molecule has 0 bridgehead atoms. The second kappa shape index (κ2) is 10.8. The lowest BCUT2D eigenvalue weighted by molar-refractivity contribution is -0.133. The second-order valence-corrected chi connectivity index (χ2v) is 8.68. The molecule has 0 saturated carbocycles. The minimum atomic E-state index is -1.16. The van der Waals surface area contributed by atoms with E-state index in [-0.39, 0.29) is 17.6 Å². The maximum atomic E-state index is 12.1. The quantitative estimate of drug-likeness (QED) is 0.450. The predicted molar refractivity (Wildman–Crippen MR) is 140 cm³/mol. The fourth-order valence-electron chi connectivity index (χ4n) is 4.38. The van der Waals surface area contributed by atoms with Crippen molar-refractivity contribution in [1.82, 2.24) is 4.90 Å². The van der Waals surface area contributed by atoms with Gasteiger partial charge in [0.2, 0.25) is 0 Å². The Kier molecular flexibility index (Phi) is 7.36. The first-order chi connectivity index (χ1) is 17.4. The normalized spacial score (nSPS) is 13.1. The minimum Gasteiger partial charge on any atom is -0.478 e. The van der Waals surface area contributed by atoms with Gasteiger partial charge in [0.25, 0.3) is 0 Å². The van der Waals surface area contributed by atoms with Gasteiger partial charge in [-0.3, -0.25) is 4.90 Å². The van der Waals surface area contributed by atoms with Crippen LogP contribution in [0.4, 0.5) is 0 Å². The lowest BCUT2D eigenvalue weighted by Crippen LogP contribution is -2.23. The molecule has 1 heterocycles. The molecule has 0 amide bonds. The van der Waals surface area contributed by atoms with Crippen LogP contribution in [0.15, 0.2) is 90.1 Å². The van der Waals surface area contributed by atoms with Crippen LogP contribution in [0.1, 0.15) is 46.7 Å². The third kappa shape index (κ3) is 5.39. The van der Waals surface area contributed by atoms with E-state index in [0.717, 1.165) is 29.5 Å². The third-order valence-corrected chi connectivity index (χ3v) is 6.28. The van der Waals surface area contributed by atoms with Crippen molar-refractivity contribution in [3.63, 3.8) is 0 Å². The Balaban J connectivity index is 1.82. The van der Waals surface area contributed by atoms with Crippen molar-refractivity contribution in [3.05, 3.63) is 124 Å². The average molecular weight is 478 g/mol. The first-order valence-corrected chi connectivity index (χ1v) is 11.8. The van der Waals surface area contributed by atoms with E-state index in [0.29, 0.717) is 11.3 Å². The van der Waals surface area contributed by atoms with Crippen LogP contribution in [0.5, 0.6) is 0 Å². The molecule has 180 valence electrons. The number of aliphatic carboxylic acids is 2. The molecular weight excluding hydrogens is 450 g/mol. The molecule has 5 heteroatoms. The van der Waals surface area contributed by atoms with Crippen molar-refractivity contribution in [2.75, 3.05) is 0 Å². The Morgan fingerprint density at radius 3 is 2.19 bits per heavy atom. The monoisotopic (exact) mass is 477 g/mol. The van der Waals surface area contributed by atoms with Crippen molar-refractivity contribution in [2.24, 2.45) is 0 Å². The first-order valence-electron chi connectivity index (χ1n) is 11.8. The number of carboxylic acids is 2. The maximum Gasteiger partial charge on any atom is 0.334 e.